The molecule has 0 bridgehead atoms. The third-order valence-electron chi connectivity index (χ3n) is 4.69. The molecule has 3 rings (SSSR count). The minimum absolute atomic E-state index is 0.302. The van der Waals surface area contributed by atoms with Gasteiger partial charge in [-0.1, -0.05) is 6.92 Å². The number of carbonyl (C=O) groups is 2. The average Bonchev–Trinajstić information content (AvgIpc) is 3.09. The standard InChI is InChI=1S/C21H25NO5S/c1-4-11-27-21(24)18-14-7-5-6-8-17(14)28-20(18)22-19(23)13-9-10-15(25-2)16(12-13)26-3/h9-10,12H,4-8,11H2,1-3H3,(H,22,23). The lowest BCUT2D eigenvalue weighted by Gasteiger charge is -2.13. The first-order valence-corrected chi connectivity index (χ1v) is 10.3. The first kappa shape index (κ1) is 20.2. The van der Waals surface area contributed by atoms with Crippen LogP contribution in [0.15, 0.2) is 18.2 Å². The summed E-state index contributed by atoms with van der Waals surface area (Å²) in [5, 5.41) is 3.48. The van der Waals surface area contributed by atoms with Gasteiger partial charge in [0.25, 0.3) is 5.91 Å². The number of benzene rings is 1. The van der Waals surface area contributed by atoms with Gasteiger partial charge < -0.3 is 19.5 Å². The number of nitrogens with one attached hydrogen (secondary N) is 1. The summed E-state index contributed by atoms with van der Waals surface area (Å²) in [6, 6.07) is 4.97. The molecular formula is C21H25NO5S. The van der Waals surface area contributed by atoms with Crippen molar-refractivity contribution >= 4 is 28.2 Å². The van der Waals surface area contributed by atoms with Crippen LogP contribution >= 0.6 is 11.3 Å². The average molecular weight is 404 g/mol. The van der Waals surface area contributed by atoms with E-state index in [9.17, 15) is 9.59 Å². The van der Waals surface area contributed by atoms with Crippen LogP contribution in [-0.2, 0) is 17.6 Å². The Hall–Kier alpha value is -2.54. The fraction of sp³-hybridized carbons (Fsp3) is 0.429. The Balaban J connectivity index is 1.90. The van der Waals surface area contributed by atoms with Crippen LogP contribution in [0.1, 0.15) is 57.3 Å². The fourth-order valence-electron chi connectivity index (χ4n) is 3.29. The van der Waals surface area contributed by atoms with E-state index in [1.54, 1.807) is 25.3 Å². The Morgan fingerprint density at radius 2 is 1.86 bits per heavy atom. The molecule has 1 aromatic heterocycles. The van der Waals surface area contributed by atoms with E-state index >= 15 is 0 Å². The van der Waals surface area contributed by atoms with Gasteiger partial charge in [-0.2, -0.15) is 0 Å². The molecule has 0 fully saturated rings. The molecule has 0 saturated carbocycles. The molecule has 1 amide bonds. The number of anilines is 1. The van der Waals surface area contributed by atoms with Crippen molar-refractivity contribution in [2.45, 2.75) is 39.0 Å². The molecule has 0 atom stereocenters. The molecule has 150 valence electrons. The van der Waals surface area contributed by atoms with Crippen molar-refractivity contribution in [1.29, 1.82) is 0 Å². The molecular weight excluding hydrogens is 378 g/mol. The maximum absolute atomic E-state index is 12.8. The molecule has 1 N–H and O–H groups in total. The lowest BCUT2D eigenvalue weighted by molar-refractivity contribution is 0.0505. The van der Waals surface area contributed by atoms with Crippen LogP contribution in [-0.4, -0.2) is 32.7 Å². The molecule has 1 aliphatic rings. The van der Waals surface area contributed by atoms with Gasteiger partial charge in [0.2, 0.25) is 0 Å². The summed E-state index contributed by atoms with van der Waals surface area (Å²) in [7, 11) is 3.07. The van der Waals surface area contributed by atoms with Gasteiger partial charge in [-0.25, -0.2) is 4.79 Å². The number of fused-ring (bicyclic) bond motifs is 1. The number of amides is 1. The summed E-state index contributed by atoms with van der Waals surface area (Å²) in [5.74, 6) is 0.366. The molecule has 1 heterocycles. The first-order chi connectivity index (χ1) is 13.6. The highest BCUT2D eigenvalue weighted by Crippen LogP contribution is 2.39. The Kier molecular flexibility index (Phi) is 6.57. The number of hydrogen-bond acceptors (Lipinski definition) is 6. The third-order valence-corrected chi connectivity index (χ3v) is 5.89. The molecule has 0 spiro atoms. The van der Waals surface area contributed by atoms with Crippen molar-refractivity contribution in [3.63, 3.8) is 0 Å². The van der Waals surface area contributed by atoms with Gasteiger partial charge in [0, 0.05) is 10.4 Å². The number of thiophene rings is 1. The van der Waals surface area contributed by atoms with Crippen LogP contribution in [0.3, 0.4) is 0 Å². The summed E-state index contributed by atoms with van der Waals surface area (Å²) in [4.78, 5) is 26.7. The van der Waals surface area contributed by atoms with Crippen LogP contribution in [0.2, 0.25) is 0 Å². The number of methoxy groups -OCH3 is 2. The monoisotopic (exact) mass is 403 g/mol. The van der Waals surface area contributed by atoms with Crippen molar-refractivity contribution in [3.05, 3.63) is 39.8 Å². The molecule has 0 unspecified atom stereocenters. The molecule has 0 saturated heterocycles. The van der Waals surface area contributed by atoms with Crippen LogP contribution in [0.25, 0.3) is 0 Å². The van der Waals surface area contributed by atoms with E-state index < -0.39 is 0 Å². The van der Waals surface area contributed by atoms with Gasteiger partial charge in [-0.3, -0.25) is 4.79 Å². The Morgan fingerprint density at radius 1 is 1.11 bits per heavy atom. The second-order valence-electron chi connectivity index (χ2n) is 6.57. The maximum atomic E-state index is 12.8. The van der Waals surface area contributed by atoms with Gasteiger partial charge >= 0.3 is 5.97 Å². The number of ether oxygens (including phenoxy) is 3. The zero-order valence-electron chi connectivity index (χ0n) is 16.4. The van der Waals surface area contributed by atoms with Crippen LogP contribution in [0, 0.1) is 0 Å². The largest absolute Gasteiger partial charge is 0.493 e. The van der Waals surface area contributed by atoms with E-state index in [4.69, 9.17) is 14.2 Å². The van der Waals surface area contributed by atoms with Crippen LogP contribution in [0.4, 0.5) is 5.00 Å². The Labute approximate surface area is 168 Å². The predicted octanol–water partition coefficient (Wildman–Crippen LogP) is 4.46. The summed E-state index contributed by atoms with van der Waals surface area (Å²) in [5.41, 5.74) is 1.97. The zero-order chi connectivity index (χ0) is 20.1. The zero-order valence-corrected chi connectivity index (χ0v) is 17.2. The van der Waals surface area contributed by atoms with Crippen molar-refractivity contribution in [2.75, 3.05) is 26.1 Å². The highest BCUT2D eigenvalue weighted by Gasteiger charge is 2.27. The van der Waals surface area contributed by atoms with Gasteiger partial charge in [0.1, 0.15) is 5.00 Å². The summed E-state index contributed by atoms with van der Waals surface area (Å²) < 4.78 is 15.9. The molecule has 2 aromatic rings. The third kappa shape index (κ3) is 4.14. The summed E-state index contributed by atoms with van der Waals surface area (Å²) >= 11 is 1.48. The van der Waals surface area contributed by atoms with Crippen molar-refractivity contribution in [3.8, 4) is 11.5 Å². The molecule has 0 aliphatic heterocycles. The Morgan fingerprint density at radius 3 is 2.57 bits per heavy atom. The number of rotatable bonds is 7. The van der Waals surface area contributed by atoms with E-state index in [0.717, 1.165) is 42.5 Å². The maximum Gasteiger partial charge on any atom is 0.341 e. The van der Waals surface area contributed by atoms with E-state index in [-0.39, 0.29) is 11.9 Å². The number of esters is 1. The first-order valence-electron chi connectivity index (χ1n) is 9.44. The normalized spacial score (nSPS) is 12.8. The number of carbonyl (C=O) groups excluding carboxylic acids is 2. The van der Waals surface area contributed by atoms with Crippen molar-refractivity contribution in [1.82, 2.24) is 0 Å². The highest BCUT2D eigenvalue weighted by molar-refractivity contribution is 7.17. The number of aryl methyl sites for hydroxylation is 1. The number of hydrogen-bond donors (Lipinski definition) is 1. The second-order valence-corrected chi connectivity index (χ2v) is 7.68. The topological polar surface area (TPSA) is 73.9 Å². The van der Waals surface area contributed by atoms with E-state index in [1.165, 1.54) is 18.4 Å². The summed E-state index contributed by atoms with van der Waals surface area (Å²) in [6.07, 6.45) is 4.67. The quantitative estimate of drug-likeness (QED) is 0.691. The van der Waals surface area contributed by atoms with Gasteiger partial charge in [0.15, 0.2) is 11.5 Å². The summed E-state index contributed by atoms with van der Waals surface area (Å²) in [6.45, 7) is 2.32. The minimum atomic E-state index is -0.358. The second kappa shape index (κ2) is 9.10. The van der Waals surface area contributed by atoms with Crippen molar-refractivity contribution in [2.24, 2.45) is 0 Å². The van der Waals surface area contributed by atoms with Gasteiger partial charge in [-0.15, -0.1) is 11.3 Å². The SMILES string of the molecule is CCCOC(=O)c1c(NC(=O)c2ccc(OC)c(OC)c2)sc2c1CCCC2. The molecule has 1 aromatic carbocycles. The lowest BCUT2D eigenvalue weighted by Crippen LogP contribution is -2.16. The lowest BCUT2D eigenvalue weighted by atomic mass is 9.95. The molecule has 6 nitrogen and oxygen atoms in total. The van der Waals surface area contributed by atoms with Crippen LogP contribution in [0.5, 0.6) is 11.5 Å². The molecule has 1 aliphatic carbocycles. The molecule has 28 heavy (non-hydrogen) atoms. The highest BCUT2D eigenvalue weighted by atomic mass is 32.1. The van der Waals surface area contributed by atoms with E-state index in [2.05, 4.69) is 5.32 Å². The fourth-order valence-corrected chi connectivity index (χ4v) is 4.56. The smallest absolute Gasteiger partial charge is 0.341 e. The molecule has 7 heteroatoms. The predicted molar refractivity (Wildman–Crippen MR) is 109 cm³/mol. The van der Waals surface area contributed by atoms with Crippen LogP contribution < -0.4 is 14.8 Å². The Bertz CT molecular complexity index is 874. The van der Waals surface area contributed by atoms with Gasteiger partial charge in [0.05, 0.1) is 26.4 Å². The van der Waals surface area contributed by atoms with Crippen molar-refractivity contribution < 1.29 is 23.8 Å². The minimum Gasteiger partial charge on any atom is -0.493 e. The van der Waals surface area contributed by atoms with E-state index in [1.807, 2.05) is 6.92 Å². The van der Waals surface area contributed by atoms with Gasteiger partial charge in [-0.05, 0) is 55.9 Å². The molecule has 0 radical (unpaired) electrons. The van der Waals surface area contributed by atoms with E-state index in [0.29, 0.717) is 34.2 Å².